The molecular formula is C7H5F2IN2O3. The molecule has 0 radical (unpaired) electrons. The summed E-state index contributed by atoms with van der Waals surface area (Å²) in [7, 11) is 0. The molecule has 1 aromatic rings. The number of alkyl halides is 2. The van der Waals surface area contributed by atoms with Gasteiger partial charge in [0.2, 0.25) is 0 Å². The Balaban J connectivity index is 3.47. The minimum absolute atomic E-state index is 0.0947. The summed E-state index contributed by atoms with van der Waals surface area (Å²) in [6, 6.07) is 0. The molecule has 1 N–H and O–H groups in total. The topological polar surface area (TPSA) is 76.3 Å². The second-order valence-corrected chi connectivity index (χ2v) is 3.70. The fraction of sp³-hybridized carbons (Fsp3) is 0.286. The van der Waals surface area contributed by atoms with Gasteiger partial charge in [-0.25, -0.2) is 8.78 Å². The van der Waals surface area contributed by atoms with E-state index in [1.165, 1.54) is 0 Å². The van der Waals surface area contributed by atoms with Crippen LogP contribution in [0.4, 0.5) is 14.6 Å². The molecule has 0 aromatic carbocycles. The van der Waals surface area contributed by atoms with E-state index in [2.05, 4.69) is 4.98 Å². The van der Waals surface area contributed by atoms with Crippen LogP contribution in [0.25, 0.3) is 0 Å². The first-order valence-electron chi connectivity index (χ1n) is 3.69. The lowest BCUT2D eigenvalue weighted by Gasteiger charge is -2.07. The highest BCUT2D eigenvalue weighted by molar-refractivity contribution is 14.1. The Morgan fingerprint density at radius 2 is 2.27 bits per heavy atom. The quantitative estimate of drug-likeness (QED) is 0.523. The highest BCUT2D eigenvalue weighted by atomic mass is 127. The summed E-state index contributed by atoms with van der Waals surface area (Å²) in [5, 5.41) is 19.3. The maximum absolute atomic E-state index is 12.6. The van der Waals surface area contributed by atoms with Gasteiger partial charge in [0.05, 0.1) is 15.7 Å². The number of nitrogens with zero attached hydrogens (tertiary/aromatic N) is 2. The summed E-state index contributed by atoms with van der Waals surface area (Å²) in [6.07, 6.45) is -1.89. The van der Waals surface area contributed by atoms with Crippen LogP contribution in [0.15, 0.2) is 6.20 Å². The third-order valence-electron chi connectivity index (χ3n) is 1.70. The Labute approximate surface area is 96.4 Å². The van der Waals surface area contributed by atoms with Crippen LogP contribution in [0.3, 0.4) is 0 Å². The van der Waals surface area contributed by atoms with E-state index in [4.69, 9.17) is 5.11 Å². The minimum Gasteiger partial charge on any atom is -0.391 e. The van der Waals surface area contributed by atoms with Crippen LogP contribution in [-0.2, 0) is 6.61 Å². The maximum atomic E-state index is 12.6. The largest absolute Gasteiger partial charge is 0.391 e. The van der Waals surface area contributed by atoms with Crippen molar-refractivity contribution < 1.29 is 18.8 Å². The van der Waals surface area contributed by atoms with Gasteiger partial charge >= 0.3 is 5.82 Å². The molecular weight excluding hydrogens is 325 g/mol. The fourth-order valence-electron chi connectivity index (χ4n) is 1.08. The number of aliphatic hydroxyl groups is 1. The molecule has 0 bridgehead atoms. The highest BCUT2D eigenvalue weighted by Gasteiger charge is 2.26. The van der Waals surface area contributed by atoms with Gasteiger partial charge in [-0.3, -0.25) is 0 Å². The van der Waals surface area contributed by atoms with E-state index < -0.39 is 34.9 Å². The summed E-state index contributed by atoms with van der Waals surface area (Å²) in [5.74, 6) is -0.729. The van der Waals surface area contributed by atoms with Crippen LogP contribution in [-0.4, -0.2) is 15.0 Å². The molecule has 82 valence electrons. The van der Waals surface area contributed by atoms with Crippen molar-refractivity contribution in [3.63, 3.8) is 0 Å². The highest BCUT2D eigenvalue weighted by Crippen LogP contribution is 2.31. The van der Waals surface area contributed by atoms with E-state index in [-0.39, 0.29) is 3.57 Å². The average molecular weight is 330 g/mol. The number of nitro groups is 1. The van der Waals surface area contributed by atoms with Crippen LogP contribution in [0.1, 0.15) is 17.6 Å². The molecule has 0 aliphatic carbocycles. The lowest BCUT2D eigenvalue weighted by molar-refractivity contribution is -0.390. The van der Waals surface area contributed by atoms with Crippen molar-refractivity contribution in [3.05, 3.63) is 31.0 Å². The van der Waals surface area contributed by atoms with E-state index >= 15 is 0 Å². The first kappa shape index (κ1) is 12.2. The van der Waals surface area contributed by atoms with Crippen molar-refractivity contribution in [3.8, 4) is 0 Å². The Hall–Kier alpha value is -0.900. The lowest BCUT2D eigenvalue weighted by atomic mass is 10.1. The summed E-state index contributed by atoms with van der Waals surface area (Å²) in [5.41, 5.74) is -0.957. The first-order valence-corrected chi connectivity index (χ1v) is 4.77. The van der Waals surface area contributed by atoms with Crippen molar-refractivity contribution in [2.75, 3.05) is 0 Å². The molecule has 0 atom stereocenters. The molecule has 0 aliphatic rings. The van der Waals surface area contributed by atoms with Gasteiger partial charge < -0.3 is 15.2 Å². The van der Waals surface area contributed by atoms with Crippen LogP contribution in [0.5, 0.6) is 0 Å². The number of halogens is 3. The first-order chi connectivity index (χ1) is 6.99. The van der Waals surface area contributed by atoms with E-state index in [1.807, 2.05) is 0 Å². The zero-order valence-corrected chi connectivity index (χ0v) is 9.31. The van der Waals surface area contributed by atoms with Gasteiger partial charge in [0, 0.05) is 5.56 Å². The van der Waals surface area contributed by atoms with E-state index in [9.17, 15) is 18.9 Å². The maximum Gasteiger partial charge on any atom is 0.369 e. The molecule has 0 spiro atoms. The van der Waals surface area contributed by atoms with Gasteiger partial charge in [-0.1, -0.05) is 0 Å². The number of aliphatic hydroxyl groups excluding tert-OH is 1. The fourth-order valence-corrected chi connectivity index (χ4v) is 1.78. The Kier molecular flexibility index (Phi) is 3.85. The van der Waals surface area contributed by atoms with E-state index in [0.717, 1.165) is 6.20 Å². The molecule has 1 aromatic heterocycles. The predicted molar refractivity (Wildman–Crippen MR) is 54.5 cm³/mol. The number of pyridine rings is 1. The molecule has 0 unspecified atom stereocenters. The molecule has 0 fully saturated rings. The van der Waals surface area contributed by atoms with Crippen molar-refractivity contribution in [1.82, 2.24) is 4.98 Å². The van der Waals surface area contributed by atoms with Gasteiger partial charge in [-0.05, 0) is 32.5 Å². The number of hydrogen-bond donors (Lipinski definition) is 1. The van der Waals surface area contributed by atoms with Crippen molar-refractivity contribution >= 4 is 28.4 Å². The molecule has 0 aliphatic heterocycles. The Morgan fingerprint density at radius 3 is 2.67 bits per heavy atom. The third kappa shape index (κ3) is 2.37. The molecule has 0 amide bonds. The van der Waals surface area contributed by atoms with Gasteiger partial charge in [0.1, 0.15) is 0 Å². The molecule has 15 heavy (non-hydrogen) atoms. The van der Waals surface area contributed by atoms with Crippen LogP contribution in [0, 0.1) is 13.7 Å². The molecule has 8 heteroatoms. The normalized spacial score (nSPS) is 10.7. The van der Waals surface area contributed by atoms with Crippen molar-refractivity contribution in [1.29, 1.82) is 0 Å². The van der Waals surface area contributed by atoms with Crippen LogP contribution >= 0.6 is 22.6 Å². The summed E-state index contributed by atoms with van der Waals surface area (Å²) in [4.78, 5) is 12.9. The van der Waals surface area contributed by atoms with Crippen molar-refractivity contribution in [2.24, 2.45) is 0 Å². The second-order valence-electron chi connectivity index (χ2n) is 2.54. The standard InChI is InChI=1S/C7H5F2IN2O3/c8-6(9)5-3(2-13)7(12(14)15)11-1-4(5)10/h1,6,13H,2H2. The summed E-state index contributed by atoms with van der Waals surface area (Å²) < 4.78 is 25.2. The number of aromatic nitrogens is 1. The smallest absolute Gasteiger partial charge is 0.369 e. The summed E-state index contributed by atoms with van der Waals surface area (Å²) >= 11 is 1.59. The second kappa shape index (κ2) is 4.75. The SMILES string of the molecule is O=[N+]([O-])c1ncc(I)c(C(F)F)c1CO. The van der Waals surface area contributed by atoms with Gasteiger partial charge in [-0.2, -0.15) is 0 Å². The Bertz CT molecular complexity index is 400. The molecule has 1 rings (SSSR count). The zero-order chi connectivity index (χ0) is 11.6. The average Bonchev–Trinajstić information content (AvgIpc) is 2.15. The molecule has 0 saturated heterocycles. The van der Waals surface area contributed by atoms with Crippen molar-refractivity contribution in [2.45, 2.75) is 13.0 Å². The molecule has 5 nitrogen and oxygen atoms in total. The van der Waals surface area contributed by atoms with Gasteiger partial charge in [0.15, 0.2) is 6.20 Å². The third-order valence-corrected chi connectivity index (χ3v) is 2.56. The van der Waals surface area contributed by atoms with Crippen LogP contribution in [0.2, 0.25) is 0 Å². The van der Waals surface area contributed by atoms with E-state index in [1.54, 1.807) is 22.6 Å². The minimum atomic E-state index is -2.87. The monoisotopic (exact) mass is 330 g/mol. The Morgan fingerprint density at radius 1 is 1.67 bits per heavy atom. The van der Waals surface area contributed by atoms with Gasteiger partial charge in [0.25, 0.3) is 6.43 Å². The predicted octanol–water partition coefficient (Wildman–Crippen LogP) is 2.02. The zero-order valence-electron chi connectivity index (χ0n) is 7.15. The summed E-state index contributed by atoms with van der Waals surface area (Å²) in [6.45, 7) is -0.834. The lowest BCUT2D eigenvalue weighted by Crippen LogP contribution is -2.05. The number of hydrogen-bond acceptors (Lipinski definition) is 4. The van der Waals surface area contributed by atoms with E-state index in [0.29, 0.717) is 0 Å². The number of rotatable bonds is 3. The molecule has 0 saturated carbocycles. The van der Waals surface area contributed by atoms with Gasteiger partial charge in [-0.15, -0.1) is 0 Å². The molecule has 1 heterocycles. The van der Waals surface area contributed by atoms with Crippen LogP contribution < -0.4 is 0 Å².